The molecule has 1 aliphatic heterocycles. The van der Waals surface area contributed by atoms with Crippen molar-refractivity contribution in [2.45, 2.75) is 52.2 Å². The molecule has 1 aliphatic rings. The molecule has 0 amide bonds. The van der Waals surface area contributed by atoms with Gasteiger partial charge in [0.25, 0.3) is 0 Å². The van der Waals surface area contributed by atoms with Crippen molar-refractivity contribution in [2.24, 2.45) is 5.92 Å². The summed E-state index contributed by atoms with van der Waals surface area (Å²) < 4.78 is 0. The fourth-order valence-corrected chi connectivity index (χ4v) is 3.18. The van der Waals surface area contributed by atoms with Gasteiger partial charge in [-0.1, -0.05) is 44.0 Å². The predicted octanol–water partition coefficient (Wildman–Crippen LogP) is 4.11. The Hall–Kier alpha value is -0.570. The Morgan fingerprint density at radius 3 is 2.55 bits per heavy atom. The van der Waals surface area contributed by atoms with E-state index in [1.54, 1.807) is 0 Å². The molecule has 0 saturated carbocycles. The number of hydrogen-bond donors (Lipinski definition) is 1. The first-order valence-corrected chi connectivity index (χ1v) is 8.15. The van der Waals surface area contributed by atoms with E-state index in [9.17, 15) is 0 Å². The van der Waals surface area contributed by atoms with Crippen LogP contribution in [-0.2, 0) is 0 Å². The van der Waals surface area contributed by atoms with Crippen LogP contribution >= 0.6 is 11.6 Å². The molecule has 2 rings (SSSR count). The molecule has 0 radical (unpaired) electrons. The fourth-order valence-electron chi connectivity index (χ4n) is 3.05. The number of nitrogens with one attached hydrogen (secondary N) is 1. The number of nitrogens with zero attached hydrogens (tertiary/aromatic N) is 1. The molecule has 1 saturated heterocycles. The van der Waals surface area contributed by atoms with Gasteiger partial charge in [0.05, 0.1) is 0 Å². The molecule has 0 aliphatic carbocycles. The van der Waals surface area contributed by atoms with Gasteiger partial charge in [-0.2, -0.15) is 0 Å². The van der Waals surface area contributed by atoms with Crippen LogP contribution in [0.4, 0.5) is 0 Å². The minimum atomic E-state index is 0.441. The van der Waals surface area contributed by atoms with Crippen molar-refractivity contribution in [3.8, 4) is 0 Å². The van der Waals surface area contributed by atoms with Crippen molar-refractivity contribution < 1.29 is 0 Å². The largest absolute Gasteiger partial charge is 0.311 e. The maximum Gasteiger partial charge on any atom is 0.0406 e. The van der Waals surface area contributed by atoms with Crippen molar-refractivity contribution in [1.82, 2.24) is 10.2 Å². The molecule has 2 nitrogen and oxygen atoms in total. The highest BCUT2D eigenvalue weighted by Gasteiger charge is 2.30. The molecule has 3 heteroatoms. The second-order valence-electron chi connectivity index (χ2n) is 6.17. The summed E-state index contributed by atoms with van der Waals surface area (Å²) in [6.07, 6.45) is 1.23. The summed E-state index contributed by atoms with van der Waals surface area (Å²) in [6, 6.07) is 9.90. The Morgan fingerprint density at radius 1 is 1.30 bits per heavy atom. The van der Waals surface area contributed by atoms with Crippen LogP contribution in [0, 0.1) is 5.92 Å². The minimum absolute atomic E-state index is 0.441. The summed E-state index contributed by atoms with van der Waals surface area (Å²) in [5, 5.41) is 4.51. The third-order valence-corrected chi connectivity index (χ3v) is 5.08. The molecule has 1 heterocycles. The predicted molar refractivity (Wildman–Crippen MR) is 87.3 cm³/mol. The monoisotopic (exact) mass is 294 g/mol. The SMILES string of the molecule is CCC(C)C1CN(C(C)c2ccc(Cl)cc2)C(C)CN1. The quantitative estimate of drug-likeness (QED) is 0.899. The third kappa shape index (κ3) is 3.55. The lowest BCUT2D eigenvalue weighted by Crippen LogP contribution is -2.57. The van der Waals surface area contributed by atoms with Crippen LogP contribution in [0.2, 0.25) is 5.02 Å². The molecule has 4 atom stereocenters. The summed E-state index contributed by atoms with van der Waals surface area (Å²) in [5.74, 6) is 0.724. The van der Waals surface area contributed by atoms with Gasteiger partial charge in [0, 0.05) is 36.2 Å². The molecule has 20 heavy (non-hydrogen) atoms. The first-order chi connectivity index (χ1) is 9.52. The van der Waals surface area contributed by atoms with Crippen LogP contribution in [0.1, 0.15) is 45.7 Å². The molecular weight excluding hydrogens is 268 g/mol. The highest BCUT2D eigenvalue weighted by Crippen LogP contribution is 2.27. The van der Waals surface area contributed by atoms with Gasteiger partial charge >= 0.3 is 0 Å². The Bertz CT molecular complexity index is 418. The van der Waals surface area contributed by atoms with E-state index in [-0.39, 0.29) is 0 Å². The zero-order valence-corrected chi connectivity index (χ0v) is 13.8. The molecule has 1 aromatic rings. The molecule has 1 aromatic carbocycles. The van der Waals surface area contributed by atoms with Crippen molar-refractivity contribution in [2.75, 3.05) is 13.1 Å². The highest BCUT2D eigenvalue weighted by atomic mass is 35.5. The summed E-state index contributed by atoms with van der Waals surface area (Å²) in [4.78, 5) is 2.62. The van der Waals surface area contributed by atoms with Crippen LogP contribution < -0.4 is 5.32 Å². The Labute approximate surface area is 128 Å². The second-order valence-corrected chi connectivity index (χ2v) is 6.61. The van der Waals surface area contributed by atoms with Gasteiger partial charge in [-0.3, -0.25) is 4.90 Å². The van der Waals surface area contributed by atoms with Crippen molar-refractivity contribution in [3.63, 3.8) is 0 Å². The molecule has 4 unspecified atom stereocenters. The smallest absolute Gasteiger partial charge is 0.0406 e. The van der Waals surface area contributed by atoms with E-state index in [1.165, 1.54) is 12.0 Å². The van der Waals surface area contributed by atoms with Crippen LogP contribution in [0.5, 0.6) is 0 Å². The van der Waals surface area contributed by atoms with Crippen molar-refractivity contribution in [1.29, 1.82) is 0 Å². The molecule has 1 fully saturated rings. The van der Waals surface area contributed by atoms with E-state index >= 15 is 0 Å². The Morgan fingerprint density at radius 2 is 1.95 bits per heavy atom. The second kappa shape index (κ2) is 6.93. The average Bonchev–Trinajstić information content (AvgIpc) is 2.47. The first-order valence-electron chi connectivity index (χ1n) is 7.77. The van der Waals surface area contributed by atoms with Crippen LogP contribution in [0.15, 0.2) is 24.3 Å². The van der Waals surface area contributed by atoms with Crippen molar-refractivity contribution >= 4 is 11.6 Å². The number of halogens is 1. The topological polar surface area (TPSA) is 15.3 Å². The number of piperazine rings is 1. The number of rotatable bonds is 4. The molecule has 1 N–H and O–H groups in total. The van der Waals surface area contributed by atoms with Crippen LogP contribution in [0.25, 0.3) is 0 Å². The maximum absolute atomic E-state index is 5.99. The molecule has 0 spiro atoms. The van der Waals surface area contributed by atoms with Gasteiger partial charge in [0.1, 0.15) is 0 Å². The molecule has 0 aromatic heterocycles. The molecular formula is C17H27ClN2. The molecule has 0 bridgehead atoms. The van der Waals surface area contributed by atoms with E-state index in [0.29, 0.717) is 18.1 Å². The van der Waals surface area contributed by atoms with Gasteiger partial charge in [0.2, 0.25) is 0 Å². The number of hydrogen-bond acceptors (Lipinski definition) is 2. The Balaban J connectivity index is 2.10. The van der Waals surface area contributed by atoms with Gasteiger partial charge in [-0.05, 0) is 37.5 Å². The van der Waals surface area contributed by atoms with E-state index in [4.69, 9.17) is 11.6 Å². The van der Waals surface area contributed by atoms with E-state index in [1.807, 2.05) is 12.1 Å². The summed E-state index contributed by atoms with van der Waals surface area (Å²) in [6.45, 7) is 11.4. The van der Waals surface area contributed by atoms with Gasteiger partial charge < -0.3 is 5.32 Å². The lowest BCUT2D eigenvalue weighted by Gasteiger charge is -2.44. The zero-order valence-electron chi connectivity index (χ0n) is 13.1. The Kier molecular flexibility index (Phi) is 5.48. The summed E-state index contributed by atoms with van der Waals surface area (Å²) in [7, 11) is 0. The van der Waals surface area contributed by atoms with E-state index < -0.39 is 0 Å². The van der Waals surface area contributed by atoms with Crippen LogP contribution in [0.3, 0.4) is 0 Å². The lowest BCUT2D eigenvalue weighted by molar-refractivity contribution is 0.0819. The summed E-state index contributed by atoms with van der Waals surface area (Å²) in [5.41, 5.74) is 1.35. The average molecular weight is 295 g/mol. The first kappa shape index (κ1) is 15.8. The minimum Gasteiger partial charge on any atom is -0.311 e. The van der Waals surface area contributed by atoms with E-state index in [0.717, 1.165) is 24.0 Å². The van der Waals surface area contributed by atoms with Gasteiger partial charge in [-0.25, -0.2) is 0 Å². The fraction of sp³-hybridized carbons (Fsp3) is 0.647. The van der Waals surface area contributed by atoms with Crippen molar-refractivity contribution in [3.05, 3.63) is 34.9 Å². The third-order valence-electron chi connectivity index (χ3n) is 4.83. The number of benzene rings is 1. The highest BCUT2D eigenvalue weighted by molar-refractivity contribution is 6.30. The maximum atomic E-state index is 5.99. The van der Waals surface area contributed by atoms with E-state index in [2.05, 4.69) is 50.0 Å². The standard InChI is InChI=1S/C17H27ClN2/c1-5-12(2)17-11-20(13(3)10-19-17)14(4)15-6-8-16(18)9-7-15/h6-9,12-14,17,19H,5,10-11H2,1-4H3. The van der Waals surface area contributed by atoms with Crippen LogP contribution in [-0.4, -0.2) is 30.1 Å². The zero-order chi connectivity index (χ0) is 14.7. The van der Waals surface area contributed by atoms with Gasteiger partial charge in [-0.15, -0.1) is 0 Å². The van der Waals surface area contributed by atoms with Gasteiger partial charge in [0.15, 0.2) is 0 Å². The summed E-state index contributed by atoms with van der Waals surface area (Å²) >= 11 is 5.99. The molecule has 112 valence electrons. The normalized spacial score (nSPS) is 27.2. The lowest BCUT2D eigenvalue weighted by atomic mass is 9.93.